The minimum Gasteiger partial charge on any atom is -0.382 e. The molecule has 2 aromatic heterocycles. The Hall–Kier alpha value is -2.14. The Morgan fingerprint density at radius 3 is 2.94 bits per heavy atom. The van der Waals surface area contributed by atoms with Gasteiger partial charge in [-0.25, -0.2) is 15.0 Å². The number of fused-ring (bicyclic) bond motifs is 1. The Labute approximate surface area is 108 Å². The first-order valence-corrected chi connectivity index (χ1v) is 5.79. The maximum absolute atomic E-state index is 5.94. The summed E-state index contributed by atoms with van der Waals surface area (Å²) in [5.74, 6) is 1.20. The maximum Gasteiger partial charge on any atom is 0.183 e. The Balaban J connectivity index is 1.98. The number of hydrogen-bond acceptors (Lipinski definition) is 4. The Kier molecular flexibility index (Phi) is 2.60. The molecule has 2 heterocycles. The molecule has 0 radical (unpaired) electrons. The van der Waals surface area contributed by atoms with Crippen molar-refractivity contribution in [1.29, 1.82) is 0 Å². The molecule has 0 atom stereocenters. The highest BCUT2D eigenvalue weighted by Gasteiger charge is 2.07. The second-order valence-electron chi connectivity index (χ2n) is 3.95. The molecule has 0 aliphatic carbocycles. The van der Waals surface area contributed by atoms with Crippen molar-refractivity contribution in [3.63, 3.8) is 0 Å². The summed E-state index contributed by atoms with van der Waals surface area (Å²) in [6.45, 7) is 0. The van der Waals surface area contributed by atoms with E-state index >= 15 is 0 Å². The lowest BCUT2D eigenvalue weighted by Gasteiger charge is -1.98. The quantitative estimate of drug-likeness (QED) is 0.739. The second-order valence-corrected chi connectivity index (χ2v) is 4.38. The molecule has 0 unspecified atom stereocenters. The van der Waals surface area contributed by atoms with Gasteiger partial charge >= 0.3 is 0 Å². The highest BCUT2D eigenvalue weighted by Crippen LogP contribution is 2.17. The van der Waals surface area contributed by atoms with Crippen molar-refractivity contribution in [2.45, 2.75) is 6.42 Å². The summed E-state index contributed by atoms with van der Waals surface area (Å²) in [6.07, 6.45) is 2.05. The normalized spacial score (nSPS) is 10.9. The number of anilines is 1. The van der Waals surface area contributed by atoms with Gasteiger partial charge in [0.15, 0.2) is 11.5 Å². The Bertz CT molecular complexity index is 707. The van der Waals surface area contributed by atoms with E-state index < -0.39 is 0 Å². The topological polar surface area (TPSA) is 80.5 Å². The average Bonchev–Trinajstić information content (AvgIpc) is 2.73. The summed E-state index contributed by atoms with van der Waals surface area (Å²) < 4.78 is 0. The van der Waals surface area contributed by atoms with E-state index in [1.807, 2.05) is 24.3 Å². The summed E-state index contributed by atoms with van der Waals surface area (Å²) in [4.78, 5) is 15.5. The molecule has 1 aromatic carbocycles. The third-order valence-corrected chi connectivity index (χ3v) is 2.86. The molecular weight excluding hydrogens is 250 g/mol. The van der Waals surface area contributed by atoms with Gasteiger partial charge in [-0.3, -0.25) is 0 Å². The number of H-pyrrole nitrogens is 1. The number of imidazole rings is 1. The highest BCUT2D eigenvalue weighted by molar-refractivity contribution is 6.30. The third kappa shape index (κ3) is 2.00. The number of hydrogen-bond donors (Lipinski definition) is 2. The van der Waals surface area contributed by atoms with Crippen LogP contribution in [-0.2, 0) is 6.42 Å². The summed E-state index contributed by atoms with van der Waals surface area (Å²) in [7, 11) is 0. The Morgan fingerprint density at radius 1 is 1.28 bits per heavy atom. The molecule has 5 nitrogen and oxygen atoms in total. The molecule has 0 aliphatic heterocycles. The van der Waals surface area contributed by atoms with Gasteiger partial charge in [0.25, 0.3) is 0 Å². The number of nitrogens with one attached hydrogen (secondary N) is 1. The first-order valence-electron chi connectivity index (χ1n) is 5.42. The van der Waals surface area contributed by atoms with E-state index in [1.165, 1.54) is 6.33 Å². The van der Waals surface area contributed by atoms with E-state index in [2.05, 4.69) is 19.9 Å². The van der Waals surface area contributed by atoms with Crippen molar-refractivity contribution in [1.82, 2.24) is 19.9 Å². The number of nitrogens with zero attached hydrogens (tertiary/aromatic N) is 3. The molecule has 0 fully saturated rings. The van der Waals surface area contributed by atoms with Gasteiger partial charge in [-0.2, -0.15) is 0 Å². The van der Waals surface area contributed by atoms with Crippen LogP contribution in [0, 0.1) is 0 Å². The van der Waals surface area contributed by atoms with Gasteiger partial charge in [-0.1, -0.05) is 23.7 Å². The Morgan fingerprint density at radius 2 is 2.17 bits per heavy atom. The molecule has 18 heavy (non-hydrogen) atoms. The number of aromatic nitrogens is 4. The standard InChI is InChI=1S/C12H10ClN5/c13-8-3-1-2-7(4-8)5-9-17-10-11(14)15-6-16-12(10)18-9/h1-4,6H,5H2,(H3,14,15,16,17,18). The molecular formula is C12H10ClN5. The monoisotopic (exact) mass is 259 g/mol. The summed E-state index contributed by atoms with van der Waals surface area (Å²) in [5, 5.41) is 0.711. The number of nitrogens with two attached hydrogens (primary N) is 1. The lowest BCUT2D eigenvalue weighted by atomic mass is 10.1. The van der Waals surface area contributed by atoms with Crippen LogP contribution >= 0.6 is 11.6 Å². The van der Waals surface area contributed by atoms with E-state index in [4.69, 9.17) is 17.3 Å². The zero-order valence-electron chi connectivity index (χ0n) is 9.39. The van der Waals surface area contributed by atoms with Gasteiger partial charge in [0.05, 0.1) is 0 Å². The lowest BCUT2D eigenvalue weighted by molar-refractivity contribution is 1.03. The number of aromatic amines is 1. The first-order chi connectivity index (χ1) is 8.72. The smallest absolute Gasteiger partial charge is 0.183 e. The van der Waals surface area contributed by atoms with Gasteiger partial charge in [0.1, 0.15) is 17.7 Å². The summed E-state index contributed by atoms with van der Waals surface area (Å²) in [5.41, 5.74) is 8.08. The van der Waals surface area contributed by atoms with Crippen LogP contribution < -0.4 is 5.73 Å². The molecule has 3 N–H and O–H groups in total. The van der Waals surface area contributed by atoms with Crippen molar-refractivity contribution in [3.05, 3.63) is 47.0 Å². The molecule has 90 valence electrons. The molecule has 0 saturated heterocycles. The van der Waals surface area contributed by atoms with E-state index in [0.29, 0.717) is 28.4 Å². The summed E-state index contributed by atoms with van der Waals surface area (Å²) in [6, 6.07) is 7.65. The molecule has 6 heteroatoms. The molecule has 0 bridgehead atoms. The van der Waals surface area contributed by atoms with Crippen molar-refractivity contribution < 1.29 is 0 Å². The largest absolute Gasteiger partial charge is 0.382 e. The van der Waals surface area contributed by atoms with E-state index in [0.717, 1.165) is 11.4 Å². The van der Waals surface area contributed by atoms with Gasteiger partial charge in [0.2, 0.25) is 0 Å². The van der Waals surface area contributed by atoms with Crippen LogP contribution in [-0.4, -0.2) is 19.9 Å². The molecule has 0 aliphatic rings. The predicted molar refractivity (Wildman–Crippen MR) is 70.4 cm³/mol. The summed E-state index contributed by atoms with van der Waals surface area (Å²) >= 11 is 5.94. The number of halogens is 1. The molecule has 3 rings (SSSR count). The van der Waals surface area contributed by atoms with Gasteiger partial charge < -0.3 is 10.7 Å². The first kappa shape index (κ1) is 11.0. The van der Waals surface area contributed by atoms with Crippen molar-refractivity contribution >= 4 is 28.6 Å². The zero-order valence-corrected chi connectivity index (χ0v) is 10.1. The number of nitrogen functional groups attached to an aromatic ring is 1. The van der Waals surface area contributed by atoms with Crippen molar-refractivity contribution in [2.75, 3.05) is 5.73 Å². The van der Waals surface area contributed by atoms with Crippen LogP contribution in [0.25, 0.3) is 11.2 Å². The fourth-order valence-corrected chi connectivity index (χ4v) is 2.03. The van der Waals surface area contributed by atoms with Crippen LogP contribution in [0.4, 0.5) is 5.82 Å². The fourth-order valence-electron chi connectivity index (χ4n) is 1.82. The van der Waals surface area contributed by atoms with Gasteiger partial charge in [-0.15, -0.1) is 0 Å². The third-order valence-electron chi connectivity index (χ3n) is 2.63. The van der Waals surface area contributed by atoms with Crippen LogP contribution in [0.2, 0.25) is 5.02 Å². The van der Waals surface area contributed by atoms with Crippen LogP contribution in [0.3, 0.4) is 0 Å². The second kappa shape index (κ2) is 4.27. The van der Waals surface area contributed by atoms with Crippen molar-refractivity contribution in [2.24, 2.45) is 0 Å². The average molecular weight is 260 g/mol. The number of rotatable bonds is 2. The minimum absolute atomic E-state index is 0.407. The van der Waals surface area contributed by atoms with E-state index in [9.17, 15) is 0 Å². The highest BCUT2D eigenvalue weighted by atomic mass is 35.5. The van der Waals surface area contributed by atoms with Gasteiger partial charge in [0, 0.05) is 11.4 Å². The van der Waals surface area contributed by atoms with E-state index in [1.54, 1.807) is 0 Å². The number of benzene rings is 1. The van der Waals surface area contributed by atoms with Crippen LogP contribution in [0.5, 0.6) is 0 Å². The molecule has 0 amide bonds. The molecule has 3 aromatic rings. The van der Waals surface area contributed by atoms with Crippen LogP contribution in [0.15, 0.2) is 30.6 Å². The zero-order chi connectivity index (χ0) is 12.5. The lowest BCUT2D eigenvalue weighted by Crippen LogP contribution is -1.92. The maximum atomic E-state index is 5.94. The van der Waals surface area contributed by atoms with Gasteiger partial charge in [-0.05, 0) is 17.7 Å². The van der Waals surface area contributed by atoms with Crippen LogP contribution in [0.1, 0.15) is 11.4 Å². The molecule has 0 saturated carbocycles. The SMILES string of the molecule is Nc1ncnc2nc(Cc3cccc(Cl)c3)[nH]c12. The molecule has 0 spiro atoms. The predicted octanol–water partition coefficient (Wildman–Crippen LogP) is 2.18. The fraction of sp³-hybridized carbons (Fsp3) is 0.0833. The van der Waals surface area contributed by atoms with Crippen molar-refractivity contribution in [3.8, 4) is 0 Å². The van der Waals surface area contributed by atoms with E-state index in [-0.39, 0.29) is 0 Å². The minimum atomic E-state index is 0.407.